The summed E-state index contributed by atoms with van der Waals surface area (Å²) >= 11 is 1.23. The number of nitrogens with two attached hydrogens (primary N) is 1. The van der Waals surface area contributed by atoms with E-state index in [1.807, 2.05) is 0 Å². The molecule has 0 unspecified atom stereocenters. The molecule has 1 aromatic carbocycles. The molecular weight excluding hydrogens is 390 g/mol. The SMILES string of the molecule is CCOC(=O)C(F)(F)c1ccc(OCc2cncc3sc(C(N)=O)cc23)cc1. The minimum atomic E-state index is -3.73. The molecule has 9 heteroatoms. The number of rotatable bonds is 7. The number of alkyl halides is 2. The Morgan fingerprint density at radius 1 is 1.21 bits per heavy atom. The van der Waals surface area contributed by atoms with Crippen LogP contribution in [-0.4, -0.2) is 23.5 Å². The predicted molar refractivity (Wildman–Crippen MR) is 99.4 cm³/mol. The molecule has 0 aliphatic carbocycles. The molecule has 2 N–H and O–H groups in total. The lowest BCUT2D eigenvalue weighted by molar-refractivity contribution is -0.173. The first-order valence-corrected chi connectivity index (χ1v) is 9.09. The summed E-state index contributed by atoms with van der Waals surface area (Å²) in [6.07, 6.45) is 3.23. The van der Waals surface area contributed by atoms with Crippen LogP contribution in [-0.2, 0) is 22.1 Å². The third-order valence-electron chi connectivity index (χ3n) is 3.91. The molecule has 0 aliphatic heterocycles. The number of aromatic nitrogens is 1. The molecule has 3 rings (SSSR count). The van der Waals surface area contributed by atoms with E-state index in [1.165, 1.54) is 30.4 Å². The fourth-order valence-corrected chi connectivity index (χ4v) is 3.44. The Balaban J connectivity index is 1.74. The number of pyridine rings is 1. The Morgan fingerprint density at radius 2 is 1.93 bits per heavy atom. The molecule has 0 bridgehead atoms. The lowest BCUT2D eigenvalue weighted by atomic mass is 10.1. The van der Waals surface area contributed by atoms with Gasteiger partial charge in [-0.1, -0.05) is 0 Å². The van der Waals surface area contributed by atoms with E-state index in [9.17, 15) is 18.4 Å². The summed E-state index contributed by atoms with van der Waals surface area (Å²) < 4.78 is 38.8. The van der Waals surface area contributed by atoms with Gasteiger partial charge in [0.25, 0.3) is 5.91 Å². The summed E-state index contributed by atoms with van der Waals surface area (Å²) in [5.74, 6) is -5.51. The van der Waals surface area contributed by atoms with Gasteiger partial charge in [0.15, 0.2) is 0 Å². The second-order valence-corrected chi connectivity index (χ2v) is 6.88. The van der Waals surface area contributed by atoms with E-state index in [2.05, 4.69) is 9.72 Å². The molecule has 2 aromatic heterocycles. The number of hydrogen-bond donors (Lipinski definition) is 1. The van der Waals surface area contributed by atoms with Gasteiger partial charge >= 0.3 is 11.9 Å². The van der Waals surface area contributed by atoms with Crippen molar-refractivity contribution < 1.29 is 27.8 Å². The van der Waals surface area contributed by atoms with Crippen molar-refractivity contribution in [1.29, 1.82) is 0 Å². The maximum atomic E-state index is 14.0. The van der Waals surface area contributed by atoms with Gasteiger partial charge in [0, 0.05) is 28.9 Å². The van der Waals surface area contributed by atoms with Crippen LogP contribution in [0.1, 0.15) is 27.7 Å². The number of carbonyl (C=O) groups is 2. The third kappa shape index (κ3) is 3.94. The van der Waals surface area contributed by atoms with Gasteiger partial charge in [-0.2, -0.15) is 8.78 Å². The summed E-state index contributed by atoms with van der Waals surface area (Å²) in [6, 6.07) is 6.59. The number of carbonyl (C=O) groups excluding carboxylic acids is 2. The molecule has 0 aliphatic rings. The Bertz CT molecular complexity index is 1020. The fourth-order valence-electron chi connectivity index (χ4n) is 2.51. The average molecular weight is 406 g/mol. The number of thiophene rings is 1. The fraction of sp³-hybridized carbons (Fsp3) is 0.211. The van der Waals surface area contributed by atoms with Gasteiger partial charge in [-0.3, -0.25) is 9.78 Å². The number of ether oxygens (including phenoxy) is 2. The van der Waals surface area contributed by atoms with Crippen molar-refractivity contribution in [2.75, 3.05) is 6.61 Å². The van der Waals surface area contributed by atoms with Gasteiger partial charge in [-0.25, -0.2) is 4.79 Å². The van der Waals surface area contributed by atoms with E-state index >= 15 is 0 Å². The average Bonchev–Trinajstić information content (AvgIpc) is 3.12. The van der Waals surface area contributed by atoms with Gasteiger partial charge in [-0.15, -0.1) is 11.3 Å². The maximum Gasteiger partial charge on any atom is 0.381 e. The van der Waals surface area contributed by atoms with Gasteiger partial charge in [0.1, 0.15) is 12.4 Å². The zero-order chi connectivity index (χ0) is 20.3. The molecule has 0 fully saturated rings. The molecule has 0 atom stereocenters. The number of nitrogens with zero attached hydrogens (tertiary/aromatic N) is 1. The Labute approximate surface area is 162 Å². The lowest BCUT2D eigenvalue weighted by Crippen LogP contribution is -2.28. The minimum Gasteiger partial charge on any atom is -0.489 e. The summed E-state index contributed by atoms with van der Waals surface area (Å²) in [6.45, 7) is 1.45. The van der Waals surface area contributed by atoms with Crippen LogP contribution in [0.15, 0.2) is 42.7 Å². The minimum absolute atomic E-state index is 0.118. The Morgan fingerprint density at radius 3 is 2.57 bits per heavy atom. The molecule has 0 radical (unpaired) electrons. The van der Waals surface area contributed by atoms with Gasteiger partial charge in [0.05, 0.1) is 16.2 Å². The van der Waals surface area contributed by atoms with E-state index in [4.69, 9.17) is 10.5 Å². The number of esters is 1. The Kier molecular flexibility index (Phi) is 5.55. The standard InChI is InChI=1S/C19H16F2N2O4S/c1-2-26-18(25)19(20,21)12-3-5-13(6-4-12)27-10-11-8-23-9-16-14(11)7-15(28-16)17(22)24/h3-9H,2,10H2,1H3,(H2,22,24). The highest BCUT2D eigenvalue weighted by Crippen LogP contribution is 2.31. The van der Waals surface area contributed by atoms with Crippen LogP contribution >= 0.6 is 11.3 Å². The predicted octanol–water partition coefficient (Wildman–Crippen LogP) is 3.63. The van der Waals surface area contributed by atoms with Crippen LogP contribution < -0.4 is 10.5 Å². The number of primary amides is 1. The highest BCUT2D eigenvalue weighted by atomic mass is 32.1. The summed E-state index contributed by atoms with van der Waals surface area (Å²) in [5, 5.41) is 0.791. The maximum absolute atomic E-state index is 14.0. The van der Waals surface area contributed by atoms with E-state index in [1.54, 1.807) is 18.5 Å². The van der Waals surface area contributed by atoms with Crippen LogP contribution in [0.25, 0.3) is 10.1 Å². The van der Waals surface area contributed by atoms with Gasteiger partial charge in [-0.05, 0) is 37.3 Å². The van der Waals surface area contributed by atoms with Crippen LogP contribution in [0.4, 0.5) is 8.78 Å². The second-order valence-electron chi connectivity index (χ2n) is 5.79. The lowest BCUT2D eigenvalue weighted by Gasteiger charge is -2.15. The molecular formula is C19H16F2N2O4S. The molecule has 3 aromatic rings. The van der Waals surface area contributed by atoms with Crippen LogP contribution in [0.3, 0.4) is 0 Å². The highest BCUT2D eigenvalue weighted by molar-refractivity contribution is 7.20. The van der Waals surface area contributed by atoms with E-state index in [0.717, 1.165) is 27.8 Å². The number of hydrogen-bond acceptors (Lipinski definition) is 6. The molecule has 2 heterocycles. The summed E-state index contributed by atoms with van der Waals surface area (Å²) in [5.41, 5.74) is 5.55. The molecule has 0 spiro atoms. The topological polar surface area (TPSA) is 91.5 Å². The molecule has 28 heavy (non-hydrogen) atoms. The summed E-state index contributed by atoms with van der Waals surface area (Å²) in [7, 11) is 0. The molecule has 0 saturated heterocycles. The molecule has 146 valence electrons. The monoisotopic (exact) mass is 406 g/mol. The van der Waals surface area contributed by atoms with Crippen molar-refractivity contribution in [3.8, 4) is 5.75 Å². The number of amides is 1. The Hall–Kier alpha value is -3.07. The molecule has 1 amide bonds. The first-order chi connectivity index (χ1) is 13.3. The van der Waals surface area contributed by atoms with E-state index in [-0.39, 0.29) is 13.2 Å². The largest absolute Gasteiger partial charge is 0.489 e. The smallest absolute Gasteiger partial charge is 0.381 e. The van der Waals surface area contributed by atoms with Crippen molar-refractivity contribution in [3.63, 3.8) is 0 Å². The van der Waals surface area contributed by atoms with Crippen molar-refractivity contribution in [2.45, 2.75) is 19.5 Å². The first kappa shape index (κ1) is 19.7. The van der Waals surface area contributed by atoms with E-state index < -0.39 is 23.4 Å². The third-order valence-corrected chi connectivity index (χ3v) is 5.00. The van der Waals surface area contributed by atoms with Gasteiger partial charge < -0.3 is 15.2 Å². The normalized spacial score (nSPS) is 11.4. The van der Waals surface area contributed by atoms with Crippen molar-refractivity contribution in [2.24, 2.45) is 5.73 Å². The highest BCUT2D eigenvalue weighted by Gasteiger charge is 2.42. The van der Waals surface area contributed by atoms with Crippen molar-refractivity contribution in [3.05, 3.63) is 58.7 Å². The quantitative estimate of drug-likeness (QED) is 0.605. The first-order valence-electron chi connectivity index (χ1n) is 8.27. The zero-order valence-corrected chi connectivity index (χ0v) is 15.6. The summed E-state index contributed by atoms with van der Waals surface area (Å²) in [4.78, 5) is 27.3. The van der Waals surface area contributed by atoms with Crippen LogP contribution in [0.5, 0.6) is 5.75 Å². The molecule has 6 nitrogen and oxygen atoms in total. The zero-order valence-electron chi connectivity index (χ0n) is 14.8. The number of benzene rings is 1. The van der Waals surface area contributed by atoms with E-state index in [0.29, 0.717) is 10.6 Å². The molecule has 0 saturated carbocycles. The van der Waals surface area contributed by atoms with Crippen molar-refractivity contribution >= 4 is 33.3 Å². The van der Waals surface area contributed by atoms with Crippen LogP contribution in [0.2, 0.25) is 0 Å². The van der Waals surface area contributed by atoms with Crippen molar-refractivity contribution in [1.82, 2.24) is 4.98 Å². The number of fused-ring (bicyclic) bond motifs is 1. The van der Waals surface area contributed by atoms with Crippen LogP contribution in [0, 0.1) is 0 Å². The number of halogens is 2. The second kappa shape index (κ2) is 7.89. The van der Waals surface area contributed by atoms with Gasteiger partial charge in [0.2, 0.25) is 0 Å².